The number of ether oxygens (including phenoxy) is 2. The first-order valence-electron chi connectivity index (χ1n) is 12.6. The fourth-order valence-electron chi connectivity index (χ4n) is 5.68. The van der Waals surface area contributed by atoms with Crippen molar-refractivity contribution in [1.82, 2.24) is 4.98 Å². The number of aromatic nitrogens is 1. The van der Waals surface area contributed by atoms with E-state index < -0.39 is 32.4 Å². The monoisotopic (exact) mass is 578 g/mol. The number of benzene rings is 3. The zero-order valence-corrected chi connectivity index (χ0v) is 23.6. The third-order valence-corrected chi connectivity index (χ3v) is 8.62. The van der Waals surface area contributed by atoms with E-state index in [4.69, 9.17) is 9.47 Å². The standard InChI is InChI=1S/C31H28F2N2O5S/c1-19(36)30(27-18-34-28-13-20(32)7-9-25(27)28)11-5-6-12-31(30,26-10-8-21(33)14-29(26)40-3)35-22-15-23(39-2)17-24(16-22)41(4,37)38/h5-18,34-35H,1-4H3. The summed E-state index contributed by atoms with van der Waals surface area (Å²) in [6.45, 7) is 1.44. The molecule has 0 bridgehead atoms. The molecule has 0 saturated heterocycles. The molecular weight excluding hydrogens is 550 g/mol. The Hall–Kier alpha value is -4.44. The number of carbonyl (C=O) groups excluding carboxylic acids is 1. The molecule has 4 aromatic rings. The highest BCUT2D eigenvalue weighted by atomic mass is 32.2. The van der Waals surface area contributed by atoms with Crippen LogP contribution in [-0.4, -0.2) is 39.7 Å². The van der Waals surface area contributed by atoms with Crippen molar-refractivity contribution in [3.05, 3.63) is 108 Å². The quantitative estimate of drug-likeness (QED) is 0.273. The van der Waals surface area contributed by atoms with Crippen LogP contribution in [0.1, 0.15) is 18.1 Å². The van der Waals surface area contributed by atoms with Crippen LogP contribution < -0.4 is 14.8 Å². The molecule has 1 aromatic heterocycles. The van der Waals surface area contributed by atoms with E-state index in [1.165, 1.54) is 63.6 Å². The Morgan fingerprint density at radius 1 is 0.902 bits per heavy atom. The van der Waals surface area contributed by atoms with Gasteiger partial charge in [0.15, 0.2) is 9.84 Å². The predicted octanol–water partition coefficient (Wildman–Crippen LogP) is 5.83. The maximum atomic E-state index is 14.5. The number of methoxy groups -OCH3 is 2. The lowest BCUT2D eigenvalue weighted by atomic mass is 9.58. The van der Waals surface area contributed by atoms with Crippen molar-refractivity contribution in [3.8, 4) is 11.5 Å². The fraction of sp³-hybridized carbons (Fsp3) is 0.194. The van der Waals surface area contributed by atoms with Gasteiger partial charge in [-0.1, -0.05) is 24.3 Å². The van der Waals surface area contributed by atoms with Crippen LogP contribution in [0, 0.1) is 11.6 Å². The second-order valence-electron chi connectivity index (χ2n) is 9.92. The van der Waals surface area contributed by atoms with Crippen LogP contribution in [0.2, 0.25) is 0 Å². The highest BCUT2D eigenvalue weighted by Crippen LogP contribution is 2.53. The molecule has 1 aliphatic rings. The Labute approximate surface area is 236 Å². The van der Waals surface area contributed by atoms with Crippen LogP contribution in [0.5, 0.6) is 11.5 Å². The smallest absolute Gasteiger partial charge is 0.175 e. The van der Waals surface area contributed by atoms with E-state index in [0.29, 0.717) is 27.7 Å². The number of aromatic amines is 1. The van der Waals surface area contributed by atoms with Crippen molar-refractivity contribution in [2.75, 3.05) is 25.8 Å². The molecule has 5 rings (SSSR count). The summed E-state index contributed by atoms with van der Waals surface area (Å²) in [6.07, 6.45) is 9.69. The van der Waals surface area contributed by atoms with Gasteiger partial charge in [0.2, 0.25) is 0 Å². The highest BCUT2D eigenvalue weighted by Gasteiger charge is 2.57. The molecule has 2 atom stereocenters. The maximum Gasteiger partial charge on any atom is 0.175 e. The summed E-state index contributed by atoms with van der Waals surface area (Å²) < 4.78 is 64.8. The molecular formula is C31H28F2N2O5S. The third kappa shape index (κ3) is 4.58. The van der Waals surface area contributed by atoms with Crippen LogP contribution in [0.15, 0.2) is 90.0 Å². The molecule has 2 N–H and O–H groups in total. The molecule has 41 heavy (non-hydrogen) atoms. The lowest BCUT2D eigenvalue weighted by Crippen LogP contribution is -2.57. The number of nitrogens with one attached hydrogen (secondary N) is 2. The molecule has 0 aliphatic heterocycles. The van der Waals surface area contributed by atoms with Crippen molar-refractivity contribution in [2.45, 2.75) is 22.8 Å². The van der Waals surface area contributed by atoms with E-state index in [1.807, 2.05) is 0 Å². The average Bonchev–Trinajstić information content (AvgIpc) is 3.35. The van der Waals surface area contributed by atoms with Gasteiger partial charge in [0.25, 0.3) is 0 Å². The van der Waals surface area contributed by atoms with Gasteiger partial charge in [0.1, 0.15) is 39.9 Å². The number of sulfone groups is 1. The molecule has 3 aromatic carbocycles. The summed E-state index contributed by atoms with van der Waals surface area (Å²) in [5.74, 6) is -0.874. The minimum Gasteiger partial charge on any atom is -0.497 e. The predicted molar refractivity (Wildman–Crippen MR) is 153 cm³/mol. The Morgan fingerprint density at radius 3 is 2.29 bits per heavy atom. The largest absolute Gasteiger partial charge is 0.497 e. The molecule has 1 aliphatic carbocycles. The molecule has 1 heterocycles. The van der Waals surface area contributed by atoms with Crippen molar-refractivity contribution in [1.29, 1.82) is 0 Å². The van der Waals surface area contributed by atoms with Crippen molar-refractivity contribution in [2.24, 2.45) is 0 Å². The van der Waals surface area contributed by atoms with E-state index in [-0.39, 0.29) is 22.2 Å². The van der Waals surface area contributed by atoms with Gasteiger partial charge in [-0.05, 0) is 55.0 Å². The minimum atomic E-state index is -3.66. The van der Waals surface area contributed by atoms with Gasteiger partial charge in [0.05, 0.1) is 19.1 Å². The number of hydrogen-bond acceptors (Lipinski definition) is 6. The summed E-state index contributed by atoms with van der Waals surface area (Å²) in [7, 11) is -0.847. The van der Waals surface area contributed by atoms with Gasteiger partial charge >= 0.3 is 0 Å². The number of carbonyl (C=O) groups is 1. The van der Waals surface area contributed by atoms with E-state index in [0.717, 1.165) is 6.26 Å². The highest BCUT2D eigenvalue weighted by molar-refractivity contribution is 7.90. The summed E-state index contributed by atoms with van der Waals surface area (Å²) >= 11 is 0. The number of H-pyrrole nitrogens is 1. The lowest BCUT2D eigenvalue weighted by Gasteiger charge is -2.49. The molecule has 0 radical (unpaired) electrons. The fourth-order valence-corrected chi connectivity index (χ4v) is 6.35. The minimum absolute atomic E-state index is 0.00750. The Kier molecular flexibility index (Phi) is 6.98. The number of Topliss-reactive ketones (excluding diaryl/α,β-unsaturated/α-hetero) is 1. The molecule has 0 amide bonds. The van der Waals surface area contributed by atoms with Crippen LogP contribution in [0.4, 0.5) is 14.5 Å². The first-order valence-corrected chi connectivity index (χ1v) is 14.5. The van der Waals surface area contributed by atoms with Gasteiger partial charge in [-0.25, -0.2) is 17.2 Å². The van der Waals surface area contributed by atoms with Gasteiger partial charge in [-0.15, -0.1) is 0 Å². The van der Waals surface area contributed by atoms with Crippen LogP contribution in [0.3, 0.4) is 0 Å². The molecule has 2 unspecified atom stereocenters. The second kappa shape index (κ2) is 10.2. The molecule has 0 fully saturated rings. The lowest BCUT2D eigenvalue weighted by molar-refractivity contribution is -0.122. The Bertz CT molecular complexity index is 1850. The Balaban J connectivity index is 1.90. The van der Waals surface area contributed by atoms with Gasteiger partial charge in [0, 0.05) is 46.7 Å². The summed E-state index contributed by atoms with van der Waals surface area (Å²) in [5, 5.41) is 4.03. The van der Waals surface area contributed by atoms with E-state index in [1.54, 1.807) is 42.6 Å². The van der Waals surface area contributed by atoms with Crippen LogP contribution in [0.25, 0.3) is 10.9 Å². The van der Waals surface area contributed by atoms with Crippen LogP contribution in [-0.2, 0) is 25.6 Å². The van der Waals surface area contributed by atoms with E-state index >= 15 is 0 Å². The first-order chi connectivity index (χ1) is 19.4. The molecule has 10 heteroatoms. The second-order valence-corrected chi connectivity index (χ2v) is 11.9. The van der Waals surface area contributed by atoms with E-state index in [9.17, 15) is 22.0 Å². The number of allylic oxidation sites excluding steroid dienone is 2. The van der Waals surface area contributed by atoms with E-state index in [2.05, 4.69) is 10.3 Å². The Morgan fingerprint density at radius 2 is 1.61 bits per heavy atom. The normalized spacial score (nSPS) is 20.2. The third-order valence-electron chi connectivity index (χ3n) is 7.52. The zero-order chi connectivity index (χ0) is 29.6. The van der Waals surface area contributed by atoms with Gasteiger partial charge in [-0.3, -0.25) is 4.79 Å². The number of hydrogen-bond donors (Lipinski definition) is 2. The number of anilines is 1. The number of fused-ring (bicyclic) bond motifs is 1. The van der Waals surface area contributed by atoms with Gasteiger partial charge < -0.3 is 19.8 Å². The van der Waals surface area contributed by atoms with Crippen LogP contribution >= 0.6 is 0 Å². The molecule has 0 saturated carbocycles. The molecule has 7 nitrogen and oxygen atoms in total. The van der Waals surface area contributed by atoms with Crippen molar-refractivity contribution >= 4 is 32.2 Å². The summed E-state index contributed by atoms with van der Waals surface area (Å²) in [6, 6.07) is 12.7. The average molecular weight is 579 g/mol. The topological polar surface area (TPSA) is 97.5 Å². The SMILES string of the molecule is COc1cc(NC2(c3ccc(F)cc3OC)C=CC=CC2(C(C)=O)c2c[nH]c3cc(F)ccc23)cc(S(C)(=O)=O)c1. The number of rotatable bonds is 8. The van der Waals surface area contributed by atoms with Crippen molar-refractivity contribution < 1.29 is 31.5 Å². The van der Waals surface area contributed by atoms with Gasteiger partial charge in [-0.2, -0.15) is 0 Å². The van der Waals surface area contributed by atoms with Crippen molar-refractivity contribution in [3.63, 3.8) is 0 Å². The number of halogens is 2. The maximum absolute atomic E-state index is 14.5. The number of ketones is 1. The molecule has 212 valence electrons. The zero-order valence-electron chi connectivity index (χ0n) is 22.8. The summed E-state index contributed by atoms with van der Waals surface area (Å²) in [4.78, 5) is 17.1. The summed E-state index contributed by atoms with van der Waals surface area (Å²) in [5.41, 5.74) is -1.31. The molecule has 0 spiro atoms. The first kappa shape index (κ1) is 28.1.